The summed E-state index contributed by atoms with van der Waals surface area (Å²) in [6, 6.07) is 5.22. The van der Waals surface area contributed by atoms with E-state index in [9.17, 15) is 14.0 Å². The van der Waals surface area contributed by atoms with Gasteiger partial charge in [0.25, 0.3) is 5.56 Å². The first-order chi connectivity index (χ1) is 16.5. The minimum Gasteiger partial charge on any atom is -0.488 e. The summed E-state index contributed by atoms with van der Waals surface area (Å²) in [4.78, 5) is 27.7. The fourth-order valence-electron chi connectivity index (χ4n) is 4.44. The molecule has 0 radical (unpaired) electrons. The highest BCUT2D eigenvalue weighted by Gasteiger charge is 2.24. The first-order valence-corrected chi connectivity index (χ1v) is 12.3. The number of carbonyl (C=O) groups is 1. The SMILES string of the molecule is Cl.Cn1c(=O)ccc2ncc(F)c(OCC3CCC(NCc4cc5c(nn4)SCC(=O)N5)CC3)c21. The molecule has 0 aromatic carbocycles. The van der Waals surface area contributed by atoms with Crippen LogP contribution >= 0.6 is 24.2 Å². The van der Waals surface area contributed by atoms with Crippen LogP contribution in [0.5, 0.6) is 5.75 Å². The number of thioether (sulfide) groups is 1. The van der Waals surface area contributed by atoms with Gasteiger partial charge in [-0.05, 0) is 43.7 Å². The second-order valence-corrected chi connectivity index (χ2v) is 9.66. The average molecular weight is 521 g/mol. The van der Waals surface area contributed by atoms with Gasteiger partial charge in [-0.25, -0.2) is 4.39 Å². The number of amides is 1. The van der Waals surface area contributed by atoms with Crippen molar-refractivity contribution >= 4 is 46.8 Å². The molecule has 186 valence electrons. The Bertz CT molecular complexity index is 1300. The Labute approximate surface area is 211 Å². The van der Waals surface area contributed by atoms with Crippen molar-refractivity contribution in [2.45, 2.75) is 43.3 Å². The molecule has 1 amide bonds. The van der Waals surface area contributed by atoms with Crippen LogP contribution in [-0.2, 0) is 18.4 Å². The standard InChI is InChI=1S/C23H25FN6O3S.ClH/c1-30-20(32)7-6-17-21(30)22(16(24)10-26-17)33-11-13-2-4-14(5-3-13)25-9-15-8-18-23(29-28-15)34-12-19(31)27-18;/h6-8,10,13-14,25H,2-5,9,11-12H2,1H3,(H,27,31);1H. The quantitative estimate of drug-likeness (QED) is 0.510. The van der Waals surface area contributed by atoms with E-state index in [0.29, 0.717) is 41.9 Å². The Morgan fingerprint density at radius 1 is 1.23 bits per heavy atom. The van der Waals surface area contributed by atoms with E-state index in [1.807, 2.05) is 6.07 Å². The largest absolute Gasteiger partial charge is 0.488 e. The fourth-order valence-corrected chi connectivity index (χ4v) is 5.14. The Morgan fingerprint density at radius 3 is 2.83 bits per heavy atom. The van der Waals surface area contributed by atoms with Gasteiger partial charge in [0.1, 0.15) is 10.5 Å². The van der Waals surface area contributed by atoms with Crippen LogP contribution in [-0.4, -0.2) is 44.1 Å². The molecule has 0 bridgehead atoms. The normalized spacial score (nSPS) is 19.5. The third-order valence-corrected chi connectivity index (χ3v) is 7.33. The van der Waals surface area contributed by atoms with Gasteiger partial charge in [0.2, 0.25) is 5.91 Å². The maximum absolute atomic E-state index is 14.5. The van der Waals surface area contributed by atoms with Gasteiger partial charge in [-0.1, -0.05) is 11.8 Å². The van der Waals surface area contributed by atoms with Crippen molar-refractivity contribution in [2.24, 2.45) is 13.0 Å². The van der Waals surface area contributed by atoms with E-state index in [-0.39, 0.29) is 29.6 Å². The molecule has 35 heavy (non-hydrogen) atoms. The van der Waals surface area contributed by atoms with Crippen LogP contribution in [0.25, 0.3) is 11.0 Å². The molecule has 3 aromatic rings. The number of hydrogen-bond acceptors (Lipinski definition) is 8. The van der Waals surface area contributed by atoms with Gasteiger partial charge < -0.3 is 19.9 Å². The average Bonchev–Trinajstić information content (AvgIpc) is 2.85. The van der Waals surface area contributed by atoms with Crippen molar-refractivity contribution in [1.82, 2.24) is 25.1 Å². The van der Waals surface area contributed by atoms with E-state index in [4.69, 9.17) is 4.74 Å². The minimum atomic E-state index is -0.565. The van der Waals surface area contributed by atoms with Gasteiger partial charge in [0.05, 0.1) is 35.5 Å². The number of hydrogen-bond donors (Lipinski definition) is 2. The molecule has 0 spiro atoms. The first-order valence-electron chi connectivity index (χ1n) is 11.3. The second-order valence-electron chi connectivity index (χ2n) is 8.70. The summed E-state index contributed by atoms with van der Waals surface area (Å²) in [5, 5.41) is 15.6. The molecule has 4 heterocycles. The number of rotatable bonds is 6. The Hall–Kier alpha value is -2.76. The third kappa shape index (κ3) is 5.57. The van der Waals surface area contributed by atoms with Gasteiger partial charge >= 0.3 is 0 Å². The van der Waals surface area contributed by atoms with Crippen LogP contribution < -0.4 is 20.9 Å². The van der Waals surface area contributed by atoms with Crippen molar-refractivity contribution < 1.29 is 13.9 Å². The van der Waals surface area contributed by atoms with E-state index in [1.54, 1.807) is 13.1 Å². The van der Waals surface area contributed by atoms with Crippen LogP contribution in [0, 0.1) is 11.7 Å². The Morgan fingerprint density at radius 2 is 2.03 bits per heavy atom. The molecule has 1 saturated carbocycles. The molecule has 5 rings (SSSR count). The lowest BCUT2D eigenvalue weighted by Gasteiger charge is -2.29. The zero-order chi connectivity index (χ0) is 23.7. The topological polar surface area (TPSA) is 111 Å². The van der Waals surface area contributed by atoms with E-state index in [1.165, 1.54) is 22.4 Å². The molecule has 2 aliphatic rings. The van der Waals surface area contributed by atoms with Gasteiger partial charge in [0.15, 0.2) is 11.6 Å². The predicted molar refractivity (Wildman–Crippen MR) is 134 cm³/mol. The number of aryl methyl sites for hydroxylation is 1. The zero-order valence-corrected chi connectivity index (χ0v) is 20.8. The Balaban J connectivity index is 0.00000289. The van der Waals surface area contributed by atoms with E-state index in [2.05, 4.69) is 25.8 Å². The number of ether oxygens (including phenoxy) is 1. The van der Waals surface area contributed by atoms with Crippen LogP contribution in [0.3, 0.4) is 0 Å². The highest BCUT2D eigenvalue weighted by molar-refractivity contribution is 8.00. The lowest BCUT2D eigenvalue weighted by molar-refractivity contribution is -0.113. The van der Waals surface area contributed by atoms with Gasteiger partial charge in [-0.15, -0.1) is 17.5 Å². The maximum Gasteiger partial charge on any atom is 0.250 e. The number of halogens is 2. The minimum absolute atomic E-state index is 0. The monoisotopic (exact) mass is 520 g/mol. The summed E-state index contributed by atoms with van der Waals surface area (Å²) in [7, 11) is 1.59. The lowest BCUT2D eigenvalue weighted by atomic mass is 9.86. The molecule has 3 aromatic heterocycles. The lowest BCUT2D eigenvalue weighted by Crippen LogP contribution is -2.34. The number of anilines is 1. The smallest absolute Gasteiger partial charge is 0.250 e. The van der Waals surface area contributed by atoms with Crippen LogP contribution in [0.15, 0.2) is 34.2 Å². The van der Waals surface area contributed by atoms with Gasteiger partial charge in [-0.2, -0.15) is 5.10 Å². The van der Waals surface area contributed by atoms with Crippen molar-refractivity contribution in [3.05, 3.63) is 46.3 Å². The van der Waals surface area contributed by atoms with Crippen LogP contribution in [0.1, 0.15) is 31.4 Å². The summed E-state index contributed by atoms with van der Waals surface area (Å²) in [5.41, 5.74) is 2.18. The molecule has 1 aliphatic heterocycles. The summed E-state index contributed by atoms with van der Waals surface area (Å²) < 4.78 is 21.8. The highest BCUT2D eigenvalue weighted by atomic mass is 35.5. The molecule has 1 fully saturated rings. The molecule has 0 atom stereocenters. The molecule has 9 nitrogen and oxygen atoms in total. The van der Waals surface area contributed by atoms with Crippen molar-refractivity contribution in [3.63, 3.8) is 0 Å². The van der Waals surface area contributed by atoms with Gasteiger partial charge in [-0.3, -0.25) is 14.6 Å². The first kappa shape index (κ1) is 25.3. The molecule has 2 N–H and O–H groups in total. The van der Waals surface area contributed by atoms with Crippen molar-refractivity contribution in [2.75, 3.05) is 17.7 Å². The molecular weight excluding hydrogens is 495 g/mol. The number of nitrogens with one attached hydrogen (secondary N) is 2. The third-order valence-electron chi connectivity index (χ3n) is 6.35. The summed E-state index contributed by atoms with van der Waals surface area (Å²) in [5.74, 6) is 0.171. The summed E-state index contributed by atoms with van der Waals surface area (Å²) in [6.45, 7) is 0.967. The maximum atomic E-state index is 14.5. The highest BCUT2D eigenvalue weighted by Crippen LogP contribution is 2.31. The van der Waals surface area contributed by atoms with Crippen molar-refractivity contribution in [3.8, 4) is 5.75 Å². The van der Waals surface area contributed by atoms with E-state index >= 15 is 0 Å². The number of pyridine rings is 2. The number of nitrogens with zero attached hydrogens (tertiary/aromatic N) is 4. The molecule has 0 unspecified atom stereocenters. The van der Waals surface area contributed by atoms with Crippen LogP contribution in [0.2, 0.25) is 0 Å². The molecule has 12 heteroatoms. The fraction of sp³-hybridized carbons (Fsp3) is 0.435. The predicted octanol–water partition coefficient (Wildman–Crippen LogP) is 3.06. The number of carbonyl (C=O) groups excluding carboxylic acids is 1. The number of fused-ring (bicyclic) bond motifs is 2. The van der Waals surface area contributed by atoms with E-state index in [0.717, 1.165) is 48.3 Å². The summed E-state index contributed by atoms with van der Waals surface area (Å²) >= 11 is 1.40. The molecular formula is C23H26ClFN6O3S. The Kier molecular flexibility index (Phi) is 7.88. The number of aromatic nitrogens is 4. The molecule has 0 saturated heterocycles. The second kappa shape index (κ2) is 10.9. The van der Waals surface area contributed by atoms with E-state index < -0.39 is 5.82 Å². The van der Waals surface area contributed by atoms with Crippen LogP contribution in [0.4, 0.5) is 10.1 Å². The molecule has 1 aliphatic carbocycles. The summed E-state index contributed by atoms with van der Waals surface area (Å²) in [6.07, 6.45) is 4.97. The van der Waals surface area contributed by atoms with Gasteiger partial charge in [0, 0.05) is 25.7 Å². The van der Waals surface area contributed by atoms with Crippen molar-refractivity contribution in [1.29, 1.82) is 0 Å². The zero-order valence-electron chi connectivity index (χ0n) is 19.1.